The van der Waals surface area contributed by atoms with Gasteiger partial charge in [-0.2, -0.15) is 0 Å². The molecule has 0 aromatic heterocycles. The molecule has 4 rings (SSSR count). The second-order valence-corrected chi connectivity index (χ2v) is 7.57. The lowest BCUT2D eigenvalue weighted by atomic mass is 10.1. The molecule has 1 heterocycles. The fourth-order valence-electron chi connectivity index (χ4n) is 3.34. The Labute approximate surface area is 169 Å². The van der Waals surface area contributed by atoms with Crippen LogP contribution >= 0.6 is 0 Å². The minimum Gasteiger partial charge on any atom is -0.381 e. The van der Waals surface area contributed by atoms with Gasteiger partial charge < -0.3 is 10.1 Å². The maximum absolute atomic E-state index is 12.5. The molecule has 1 N–H and O–H groups in total. The third-order valence-corrected chi connectivity index (χ3v) is 5.24. The molecule has 1 aliphatic heterocycles. The van der Waals surface area contributed by atoms with Gasteiger partial charge in [0.05, 0.1) is 17.7 Å². The first-order valence-corrected chi connectivity index (χ1v) is 10.0. The van der Waals surface area contributed by atoms with E-state index in [1.807, 2.05) is 0 Å². The van der Waals surface area contributed by atoms with Crippen LogP contribution in [0.5, 0.6) is 0 Å². The van der Waals surface area contributed by atoms with Crippen LogP contribution < -0.4 is 5.32 Å². The molecule has 0 saturated heterocycles. The van der Waals surface area contributed by atoms with Crippen LogP contribution in [0.2, 0.25) is 0 Å². The summed E-state index contributed by atoms with van der Waals surface area (Å²) in [5.41, 5.74) is 2.23. The SMILES string of the molecule is O=C(NCCCOCC1CC1)c1ccc(CN2C(=O)c3ccccc3C2=O)cc1. The van der Waals surface area contributed by atoms with E-state index < -0.39 is 0 Å². The summed E-state index contributed by atoms with van der Waals surface area (Å²) in [4.78, 5) is 38.4. The lowest BCUT2D eigenvalue weighted by Gasteiger charge is -2.14. The number of fused-ring (bicyclic) bond motifs is 1. The highest BCUT2D eigenvalue weighted by molar-refractivity contribution is 6.21. The molecule has 2 aromatic carbocycles. The summed E-state index contributed by atoms with van der Waals surface area (Å²) < 4.78 is 5.55. The van der Waals surface area contributed by atoms with Crippen molar-refractivity contribution in [2.75, 3.05) is 19.8 Å². The number of imide groups is 1. The minimum absolute atomic E-state index is 0.139. The summed E-state index contributed by atoms with van der Waals surface area (Å²) >= 11 is 0. The second kappa shape index (κ2) is 8.57. The first-order valence-electron chi connectivity index (χ1n) is 10.0. The standard InChI is InChI=1S/C23H24N2O4/c26-21(24-12-3-13-29-15-17-6-7-17)18-10-8-16(9-11-18)14-25-22(27)19-4-1-2-5-20(19)23(25)28/h1-2,4-5,8-11,17H,3,6-7,12-15H2,(H,24,26). The smallest absolute Gasteiger partial charge is 0.261 e. The Hall–Kier alpha value is -2.99. The van der Waals surface area contributed by atoms with Crippen molar-refractivity contribution in [1.29, 1.82) is 0 Å². The van der Waals surface area contributed by atoms with Gasteiger partial charge in [0, 0.05) is 25.3 Å². The molecule has 2 aromatic rings. The van der Waals surface area contributed by atoms with Crippen molar-refractivity contribution in [3.05, 3.63) is 70.8 Å². The van der Waals surface area contributed by atoms with Crippen LogP contribution in [-0.4, -0.2) is 42.4 Å². The lowest BCUT2D eigenvalue weighted by Crippen LogP contribution is -2.29. The summed E-state index contributed by atoms with van der Waals surface area (Å²) in [5.74, 6) is 0.0514. The summed E-state index contributed by atoms with van der Waals surface area (Å²) in [5, 5.41) is 2.88. The van der Waals surface area contributed by atoms with Crippen LogP contribution in [0.15, 0.2) is 48.5 Å². The number of benzene rings is 2. The van der Waals surface area contributed by atoms with Crippen molar-refractivity contribution in [2.45, 2.75) is 25.8 Å². The number of rotatable bonds is 9. The van der Waals surface area contributed by atoms with Crippen LogP contribution in [0.1, 0.15) is 55.9 Å². The van der Waals surface area contributed by atoms with Crippen molar-refractivity contribution < 1.29 is 19.1 Å². The van der Waals surface area contributed by atoms with Crippen LogP contribution in [0.3, 0.4) is 0 Å². The van der Waals surface area contributed by atoms with E-state index >= 15 is 0 Å². The molecule has 3 amide bonds. The Bertz CT molecular complexity index is 884. The minimum atomic E-state index is -0.281. The topological polar surface area (TPSA) is 75.7 Å². The molecular weight excluding hydrogens is 368 g/mol. The Morgan fingerprint density at radius 3 is 2.28 bits per heavy atom. The largest absolute Gasteiger partial charge is 0.381 e. The van der Waals surface area contributed by atoms with Crippen LogP contribution in [0, 0.1) is 5.92 Å². The van der Waals surface area contributed by atoms with E-state index in [1.54, 1.807) is 48.5 Å². The Morgan fingerprint density at radius 2 is 1.66 bits per heavy atom. The first-order chi connectivity index (χ1) is 14.1. The van der Waals surface area contributed by atoms with E-state index in [1.165, 1.54) is 17.7 Å². The number of hydrogen-bond acceptors (Lipinski definition) is 4. The van der Waals surface area contributed by atoms with E-state index in [-0.39, 0.29) is 24.3 Å². The molecule has 1 fully saturated rings. The Kier molecular flexibility index (Phi) is 5.71. The summed E-state index contributed by atoms with van der Waals surface area (Å²) in [6.07, 6.45) is 3.34. The first kappa shape index (κ1) is 19.3. The molecule has 2 aliphatic rings. The van der Waals surface area contributed by atoms with Crippen molar-refractivity contribution >= 4 is 17.7 Å². The quantitative estimate of drug-likeness (QED) is 0.526. The monoisotopic (exact) mass is 392 g/mol. The number of hydrogen-bond donors (Lipinski definition) is 1. The highest BCUT2D eigenvalue weighted by atomic mass is 16.5. The van der Waals surface area contributed by atoms with Crippen molar-refractivity contribution in [3.63, 3.8) is 0 Å². The molecule has 6 nitrogen and oxygen atoms in total. The van der Waals surface area contributed by atoms with E-state index in [0.717, 1.165) is 24.5 Å². The number of ether oxygens (including phenoxy) is 1. The number of carbonyl (C=O) groups is 3. The van der Waals surface area contributed by atoms with Crippen molar-refractivity contribution in [3.8, 4) is 0 Å². The van der Waals surface area contributed by atoms with Gasteiger partial charge in [-0.05, 0) is 55.0 Å². The summed E-state index contributed by atoms with van der Waals surface area (Å²) in [7, 11) is 0. The highest BCUT2D eigenvalue weighted by Crippen LogP contribution is 2.28. The van der Waals surface area contributed by atoms with Gasteiger partial charge in [0.2, 0.25) is 0 Å². The maximum Gasteiger partial charge on any atom is 0.261 e. The molecule has 150 valence electrons. The lowest BCUT2D eigenvalue weighted by molar-refractivity contribution is 0.0641. The normalized spacial score (nSPS) is 15.5. The third-order valence-electron chi connectivity index (χ3n) is 5.24. The van der Waals surface area contributed by atoms with Gasteiger partial charge in [0.15, 0.2) is 0 Å². The van der Waals surface area contributed by atoms with E-state index in [0.29, 0.717) is 29.8 Å². The average Bonchev–Trinajstić information content (AvgIpc) is 3.54. The van der Waals surface area contributed by atoms with E-state index in [2.05, 4.69) is 5.32 Å². The van der Waals surface area contributed by atoms with Crippen LogP contribution in [0.4, 0.5) is 0 Å². The average molecular weight is 392 g/mol. The van der Waals surface area contributed by atoms with Crippen molar-refractivity contribution in [2.24, 2.45) is 5.92 Å². The molecule has 0 spiro atoms. The number of carbonyl (C=O) groups excluding carboxylic acids is 3. The third kappa shape index (κ3) is 4.54. The number of nitrogens with one attached hydrogen (secondary N) is 1. The highest BCUT2D eigenvalue weighted by Gasteiger charge is 2.34. The zero-order valence-corrected chi connectivity index (χ0v) is 16.2. The predicted octanol–water partition coefficient (Wildman–Crippen LogP) is 3.03. The number of nitrogens with zero attached hydrogens (tertiary/aromatic N) is 1. The molecule has 1 aliphatic carbocycles. The van der Waals surface area contributed by atoms with Crippen LogP contribution in [-0.2, 0) is 11.3 Å². The van der Waals surface area contributed by atoms with Crippen molar-refractivity contribution in [1.82, 2.24) is 10.2 Å². The van der Waals surface area contributed by atoms with Gasteiger partial charge >= 0.3 is 0 Å². The molecule has 0 radical (unpaired) electrons. The van der Waals surface area contributed by atoms with E-state index in [4.69, 9.17) is 4.74 Å². The van der Waals surface area contributed by atoms with Gasteiger partial charge in [-0.25, -0.2) is 0 Å². The molecule has 6 heteroatoms. The Morgan fingerprint density at radius 1 is 1.00 bits per heavy atom. The van der Waals surface area contributed by atoms with Crippen LogP contribution in [0.25, 0.3) is 0 Å². The summed E-state index contributed by atoms with van der Waals surface area (Å²) in [6, 6.07) is 13.8. The zero-order valence-electron chi connectivity index (χ0n) is 16.2. The number of amides is 3. The predicted molar refractivity (Wildman–Crippen MR) is 108 cm³/mol. The molecule has 1 saturated carbocycles. The second-order valence-electron chi connectivity index (χ2n) is 7.57. The molecule has 0 bridgehead atoms. The van der Waals surface area contributed by atoms with Gasteiger partial charge in [0.1, 0.15) is 0 Å². The fourth-order valence-corrected chi connectivity index (χ4v) is 3.34. The summed E-state index contributed by atoms with van der Waals surface area (Å²) in [6.45, 7) is 2.26. The molecule has 0 unspecified atom stereocenters. The van der Waals surface area contributed by atoms with E-state index in [9.17, 15) is 14.4 Å². The molecule has 29 heavy (non-hydrogen) atoms. The van der Waals surface area contributed by atoms with Gasteiger partial charge in [-0.3, -0.25) is 19.3 Å². The van der Waals surface area contributed by atoms with Gasteiger partial charge in [-0.1, -0.05) is 24.3 Å². The Balaban J connectivity index is 1.26. The maximum atomic E-state index is 12.5. The van der Waals surface area contributed by atoms with Gasteiger partial charge in [0.25, 0.3) is 17.7 Å². The molecular formula is C23H24N2O4. The van der Waals surface area contributed by atoms with Gasteiger partial charge in [-0.15, -0.1) is 0 Å². The zero-order chi connectivity index (χ0) is 20.2. The fraction of sp³-hybridized carbons (Fsp3) is 0.348. The molecule has 0 atom stereocenters.